The van der Waals surface area contributed by atoms with Crippen molar-refractivity contribution >= 4 is 12.0 Å². The van der Waals surface area contributed by atoms with E-state index in [1.165, 1.54) is 44.9 Å². The van der Waals surface area contributed by atoms with Crippen molar-refractivity contribution in [2.24, 2.45) is 11.8 Å². The molecule has 1 aliphatic carbocycles. The van der Waals surface area contributed by atoms with Gasteiger partial charge in [-0.25, -0.2) is 4.79 Å². The Morgan fingerprint density at radius 2 is 1.93 bits per heavy atom. The number of urea groups is 1. The molecule has 0 aromatic rings. The number of aliphatic carboxylic acids is 1. The Labute approximate surface area is 163 Å². The maximum atomic E-state index is 12.5. The number of carbonyl (C=O) groups is 2. The van der Waals surface area contributed by atoms with Crippen molar-refractivity contribution in [1.29, 1.82) is 0 Å². The third-order valence-corrected chi connectivity index (χ3v) is 5.82. The van der Waals surface area contributed by atoms with Crippen LogP contribution in [0.5, 0.6) is 0 Å². The summed E-state index contributed by atoms with van der Waals surface area (Å²) < 4.78 is 5.69. The summed E-state index contributed by atoms with van der Waals surface area (Å²) in [4.78, 5) is 26.8. The normalized spacial score (nSPS) is 26.2. The number of amides is 2. The Morgan fingerprint density at radius 3 is 2.59 bits per heavy atom. The molecular formula is C20H37N3O4. The largest absolute Gasteiger partial charge is 0.480 e. The summed E-state index contributed by atoms with van der Waals surface area (Å²) in [5.41, 5.74) is 0. The van der Waals surface area contributed by atoms with Gasteiger partial charge in [0, 0.05) is 26.2 Å². The number of nitrogens with zero attached hydrogens (tertiary/aromatic N) is 2. The third kappa shape index (κ3) is 8.05. The molecule has 2 amide bonds. The highest BCUT2D eigenvalue weighted by atomic mass is 16.5. The van der Waals surface area contributed by atoms with E-state index in [1.807, 2.05) is 0 Å². The number of nitrogens with one attached hydrogen (secondary N) is 1. The van der Waals surface area contributed by atoms with Gasteiger partial charge in [-0.05, 0) is 31.7 Å². The molecule has 1 heterocycles. The summed E-state index contributed by atoms with van der Waals surface area (Å²) in [6.45, 7) is 5.11. The van der Waals surface area contributed by atoms with Crippen molar-refractivity contribution in [2.75, 3.05) is 46.4 Å². The summed E-state index contributed by atoms with van der Waals surface area (Å²) >= 11 is 0. The molecule has 0 radical (unpaired) electrons. The maximum Gasteiger partial charge on any atom is 0.317 e. The first-order valence-corrected chi connectivity index (χ1v) is 10.5. The first-order valence-electron chi connectivity index (χ1n) is 10.5. The molecule has 1 saturated heterocycles. The second-order valence-electron chi connectivity index (χ2n) is 8.24. The number of hydrogen-bond acceptors (Lipinski definition) is 4. The van der Waals surface area contributed by atoms with Crippen LogP contribution in [-0.4, -0.2) is 79.4 Å². The van der Waals surface area contributed by atoms with Crippen LogP contribution in [0.3, 0.4) is 0 Å². The van der Waals surface area contributed by atoms with E-state index in [1.54, 1.807) is 16.8 Å². The number of unbranched alkanes of at least 4 members (excludes halogenated alkanes) is 1. The van der Waals surface area contributed by atoms with Gasteiger partial charge in [-0.2, -0.15) is 0 Å². The Kier molecular flexibility index (Phi) is 9.34. The number of morpholine rings is 1. The molecule has 2 rings (SSSR count). The van der Waals surface area contributed by atoms with E-state index >= 15 is 0 Å². The fourth-order valence-electron chi connectivity index (χ4n) is 4.22. The van der Waals surface area contributed by atoms with Gasteiger partial charge in [-0.15, -0.1) is 0 Å². The lowest BCUT2D eigenvalue weighted by Gasteiger charge is -2.35. The first kappa shape index (κ1) is 22.0. The van der Waals surface area contributed by atoms with Gasteiger partial charge in [0.05, 0.1) is 19.3 Å². The lowest BCUT2D eigenvalue weighted by molar-refractivity contribution is -0.138. The van der Waals surface area contributed by atoms with Crippen LogP contribution >= 0.6 is 0 Å². The van der Waals surface area contributed by atoms with Gasteiger partial charge in [0.15, 0.2) is 0 Å². The van der Waals surface area contributed by atoms with Crippen LogP contribution in [0.2, 0.25) is 0 Å². The van der Waals surface area contributed by atoms with Crippen molar-refractivity contribution in [2.45, 2.75) is 58.0 Å². The smallest absolute Gasteiger partial charge is 0.317 e. The molecule has 0 aromatic carbocycles. The Morgan fingerprint density at radius 1 is 1.22 bits per heavy atom. The highest BCUT2D eigenvalue weighted by Gasteiger charge is 2.27. The molecule has 1 aliphatic heterocycles. The van der Waals surface area contributed by atoms with Crippen LogP contribution in [0.4, 0.5) is 4.79 Å². The minimum absolute atomic E-state index is 0.0164. The van der Waals surface area contributed by atoms with E-state index in [2.05, 4.69) is 12.2 Å². The SMILES string of the molecule is CCCCC1CCC(CNC(=O)N2CCOC(CN(C)CC(=O)O)C2)CC1. The minimum Gasteiger partial charge on any atom is -0.480 e. The van der Waals surface area contributed by atoms with E-state index in [0.29, 0.717) is 32.2 Å². The summed E-state index contributed by atoms with van der Waals surface area (Å²) in [5.74, 6) is 0.636. The molecular weight excluding hydrogens is 346 g/mol. The summed E-state index contributed by atoms with van der Waals surface area (Å²) in [6, 6.07) is -0.0164. The number of hydrogen-bond donors (Lipinski definition) is 2. The number of likely N-dealkylation sites (N-methyl/N-ethyl adjacent to an activating group) is 1. The number of carboxylic acid groups (broad SMARTS) is 1. The van der Waals surface area contributed by atoms with Gasteiger partial charge in [0.25, 0.3) is 0 Å². The Hall–Kier alpha value is -1.34. The number of carboxylic acids is 1. The van der Waals surface area contributed by atoms with Crippen LogP contribution in [0, 0.1) is 11.8 Å². The molecule has 1 unspecified atom stereocenters. The molecule has 0 aromatic heterocycles. The summed E-state index contributed by atoms with van der Waals surface area (Å²) in [7, 11) is 1.76. The zero-order valence-corrected chi connectivity index (χ0v) is 17.0. The molecule has 2 fully saturated rings. The molecule has 0 spiro atoms. The monoisotopic (exact) mass is 383 g/mol. The highest BCUT2D eigenvalue weighted by molar-refractivity contribution is 5.74. The molecule has 27 heavy (non-hydrogen) atoms. The predicted molar refractivity (Wildman–Crippen MR) is 105 cm³/mol. The van der Waals surface area contributed by atoms with Gasteiger partial charge in [0.1, 0.15) is 0 Å². The van der Waals surface area contributed by atoms with Gasteiger partial charge in [0.2, 0.25) is 0 Å². The predicted octanol–water partition coefficient (Wildman–Crippen LogP) is 2.41. The molecule has 0 bridgehead atoms. The van der Waals surface area contributed by atoms with Crippen LogP contribution in [0.15, 0.2) is 0 Å². The molecule has 2 N–H and O–H groups in total. The number of rotatable bonds is 9. The fraction of sp³-hybridized carbons (Fsp3) is 0.900. The lowest BCUT2D eigenvalue weighted by atomic mass is 9.80. The van der Waals surface area contributed by atoms with E-state index in [0.717, 1.165) is 12.5 Å². The van der Waals surface area contributed by atoms with Gasteiger partial charge < -0.3 is 20.1 Å². The summed E-state index contributed by atoms with van der Waals surface area (Å²) in [6.07, 6.45) is 8.89. The second-order valence-corrected chi connectivity index (χ2v) is 8.24. The van der Waals surface area contributed by atoms with Crippen LogP contribution in [-0.2, 0) is 9.53 Å². The van der Waals surface area contributed by atoms with Gasteiger partial charge in [-0.1, -0.05) is 39.0 Å². The van der Waals surface area contributed by atoms with Crippen molar-refractivity contribution in [3.8, 4) is 0 Å². The van der Waals surface area contributed by atoms with Crippen molar-refractivity contribution in [1.82, 2.24) is 15.1 Å². The van der Waals surface area contributed by atoms with Gasteiger partial charge >= 0.3 is 12.0 Å². The molecule has 1 atom stereocenters. The van der Waals surface area contributed by atoms with Gasteiger partial charge in [-0.3, -0.25) is 9.69 Å². The van der Waals surface area contributed by atoms with Crippen LogP contribution in [0.25, 0.3) is 0 Å². The topological polar surface area (TPSA) is 82.1 Å². The number of carbonyl (C=O) groups excluding carboxylic acids is 1. The van der Waals surface area contributed by atoms with Crippen molar-refractivity contribution in [3.05, 3.63) is 0 Å². The Balaban J connectivity index is 1.66. The molecule has 2 aliphatic rings. The standard InChI is InChI=1S/C20H37N3O4/c1-3-4-5-16-6-8-17(9-7-16)12-21-20(26)23-10-11-27-18(14-23)13-22(2)15-19(24)25/h16-18H,3-15H2,1-2H3,(H,21,26)(H,24,25). The zero-order valence-electron chi connectivity index (χ0n) is 17.0. The minimum atomic E-state index is -0.854. The molecule has 156 valence electrons. The summed E-state index contributed by atoms with van der Waals surface area (Å²) in [5, 5.41) is 12.0. The van der Waals surface area contributed by atoms with E-state index in [-0.39, 0.29) is 18.7 Å². The molecule has 1 saturated carbocycles. The van der Waals surface area contributed by atoms with Crippen molar-refractivity contribution in [3.63, 3.8) is 0 Å². The number of ether oxygens (including phenoxy) is 1. The van der Waals surface area contributed by atoms with E-state index in [9.17, 15) is 9.59 Å². The fourth-order valence-corrected chi connectivity index (χ4v) is 4.22. The Bertz CT molecular complexity index is 466. The zero-order chi connectivity index (χ0) is 19.6. The molecule has 7 heteroatoms. The maximum absolute atomic E-state index is 12.5. The average Bonchev–Trinajstić information content (AvgIpc) is 2.64. The van der Waals surface area contributed by atoms with E-state index in [4.69, 9.17) is 9.84 Å². The van der Waals surface area contributed by atoms with E-state index < -0.39 is 5.97 Å². The second kappa shape index (κ2) is 11.5. The lowest BCUT2D eigenvalue weighted by Crippen LogP contribution is -2.53. The first-order chi connectivity index (χ1) is 13.0. The third-order valence-electron chi connectivity index (χ3n) is 5.82. The molecule has 7 nitrogen and oxygen atoms in total. The highest BCUT2D eigenvalue weighted by Crippen LogP contribution is 2.31. The quantitative estimate of drug-likeness (QED) is 0.639. The van der Waals surface area contributed by atoms with Crippen LogP contribution < -0.4 is 5.32 Å². The van der Waals surface area contributed by atoms with Crippen molar-refractivity contribution < 1.29 is 19.4 Å². The average molecular weight is 384 g/mol. The van der Waals surface area contributed by atoms with Crippen LogP contribution in [0.1, 0.15) is 51.9 Å².